The van der Waals surface area contributed by atoms with Crippen molar-refractivity contribution in [2.24, 2.45) is 23.2 Å². The fourth-order valence-corrected chi connectivity index (χ4v) is 6.94. The minimum atomic E-state index is -1.89. The van der Waals surface area contributed by atoms with Gasteiger partial charge >= 0.3 is 0 Å². The van der Waals surface area contributed by atoms with Crippen molar-refractivity contribution in [1.29, 1.82) is 0 Å². The Hall–Kier alpha value is -0.383. The first-order chi connectivity index (χ1) is 11.7. The number of rotatable bonds is 5. The smallest absolute Gasteiger partial charge is 0.192 e. The predicted molar refractivity (Wildman–Crippen MR) is 115 cm³/mol. The van der Waals surface area contributed by atoms with E-state index in [-0.39, 0.29) is 22.5 Å². The van der Waals surface area contributed by atoms with Crippen LogP contribution in [0.5, 0.6) is 0 Å². The third-order valence-corrected chi connectivity index (χ3v) is 12.5. The molecular weight excluding hydrogens is 336 g/mol. The summed E-state index contributed by atoms with van der Waals surface area (Å²) in [6.07, 6.45) is 6.12. The van der Waals surface area contributed by atoms with Crippen molar-refractivity contribution in [3.8, 4) is 0 Å². The van der Waals surface area contributed by atoms with Crippen LogP contribution in [0.2, 0.25) is 18.1 Å². The quantitative estimate of drug-likeness (QED) is 0.447. The van der Waals surface area contributed by atoms with Gasteiger partial charge in [-0.3, -0.25) is 0 Å². The second kappa shape index (κ2) is 6.90. The monoisotopic (exact) mass is 378 g/mol. The summed E-state index contributed by atoms with van der Waals surface area (Å²) in [4.78, 5) is 0. The van der Waals surface area contributed by atoms with Crippen LogP contribution in [0.15, 0.2) is 24.8 Å². The molecule has 2 aliphatic rings. The molecule has 2 saturated carbocycles. The zero-order chi connectivity index (χ0) is 20.1. The highest BCUT2D eigenvalue weighted by Crippen LogP contribution is 2.64. The summed E-state index contributed by atoms with van der Waals surface area (Å²) in [6.45, 7) is 26.4. The van der Waals surface area contributed by atoms with Crippen molar-refractivity contribution in [3.63, 3.8) is 0 Å². The highest BCUT2D eigenvalue weighted by Gasteiger charge is 2.63. The Kier molecular flexibility index (Phi) is 5.81. The van der Waals surface area contributed by atoms with Crippen LogP contribution in [0.3, 0.4) is 0 Å². The van der Waals surface area contributed by atoms with Crippen LogP contribution in [0.4, 0.5) is 0 Å². The number of hydrogen-bond donors (Lipinski definition) is 1. The summed E-state index contributed by atoms with van der Waals surface area (Å²) in [5, 5.41) is 11.8. The summed E-state index contributed by atoms with van der Waals surface area (Å²) in [7, 11) is -1.89. The molecule has 26 heavy (non-hydrogen) atoms. The zero-order valence-corrected chi connectivity index (χ0v) is 19.5. The molecule has 2 fully saturated rings. The van der Waals surface area contributed by atoms with Crippen LogP contribution in [0.25, 0.3) is 0 Å². The standard InChI is InChI=1S/C23H42O2Si/c1-11-12-23-15-18(16(2)3)14-22(8,24)20(23)19(13-17(23)4)25-26(9,10)21(5,6)7/h11,17-20,24H,1-2,12-15H2,3-10H3/t17-,18+,19+,20+,22+,23+/m0/s1. The molecule has 2 rings (SSSR count). The lowest BCUT2D eigenvalue weighted by Gasteiger charge is -2.54. The normalized spacial score (nSPS) is 41.0. The van der Waals surface area contributed by atoms with Gasteiger partial charge in [0.15, 0.2) is 8.32 Å². The molecule has 2 nitrogen and oxygen atoms in total. The Labute approximate surface area is 163 Å². The van der Waals surface area contributed by atoms with E-state index in [2.05, 4.69) is 66.9 Å². The minimum absolute atomic E-state index is 0.0696. The van der Waals surface area contributed by atoms with Gasteiger partial charge in [0, 0.05) is 5.92 Å². The molecule has 0 heterocycles. The van der Waals surface area contributed by atoms with Gasteiger partial charge in [-0.1, -0.05) is 45.9 Å². The molecule has 0 radical (unpaired) electrons. The van der Waals surface area contributed by atoms with Gasteiger partial charge in [0.2, 0.25) is 0 Å². The maximum absolute atomic E-state index is 11.6. The van der Waals surface area contributed by atoms with Gasteiger partial charge in [-0.2, -0.15) is 0 Å². The molecule has 0 aromatic heterocycles. The van der Waals surface area contributed by atoms with Crippen molar-refractivity contribution < 1.29 is 9.53 Å². The van der Waals surface area contributed by atoms with Gasteiger partial charge in [-0.15, -0.1) is 6.58 Å². The lowest BCUT2D eigenvalue weighted by molar-refractivity contribution is -0.136. The van der Waals surface area contributed by atoms with E-state index in [1.165, 1.54) is 5.57 Å². The van der Waals surface area contributed by atoms with Crippen molar-refractivity contribution in [1.82, 2.24) is 0 Å². The molecule has 0 unspecified atom stereocenters. The average Bonchev–Trinajstić information content (AvgIpc) is 2.69. The Morgan fingerprint density at radius 1 is 1.31 bits per heavy atom. The van der Waals surface area contributed by atoms with E-state index in [1.807, 2.05) is 6.92 Å². The Morgan fingerprint density at radius 2 is 1.88 bits per heavy atom. The van der Waals surface area contributed by atoms with Crippen LogP contribution in [0.1, 0.15) is 67.2 Å². The molecule has 0 aromatic rings. The summed E-state index contributed by atoms with van der Waals surface area (Å²) >= 11 is 0. The van der Waals surface area contributed by atoms with Gasteiger partial charge in [0.05, 0.1) is 11.7 Å². The number of hydrogen-bond acceptors (Lipinski definition) is 2. The molecule has 3 heteroatoms. The van der Waals surface area contributed by atoms with Crippen molar-refractivity contribution in [2.45, 2.75) is 97.1 Å². The van der Waals surface area contributed by atoms with E-state index >= 15 is 0 Å². The first kappa shape index (κ1) is 21.9. The van der Waals surface area contributed by atoms with E-state index in [1.54, 1.807) is 0 Å². The van der Waals surface area contributed by atoms with Gasteiger partial charge in [-0.05, 0) is 74.9 Å². The second-order valence-corrected chi connectivity index (χ2v) is 15.8. The fraction of sp³-hybridized carbons (Fsp3) is 0.826. The van der Waals surface area contributed by atoms with E-state index in [4.69, 9.17) is 4.43 Å². The summed E-state index contributed by atoms with van der Waals surface area (Å²) in [6, 6.07) is 0. The molecule has 0 aliphatic heterocycles. The van der Waals surface area contributed by atoms with Gasteiger partial charge in [0.1, 0.15) is 0 Å². The molecule has 0 spiro atoms. The Morgan fingerprint density at radius 3 is 2.35 bits per heavy atom. The van der Waals surface area contributed by atoms with E-state index < -0.39 is 13.9 Å². The highest BCUT2D eigenvalue weighted by molar-refractivity contribution is 6.74. The predicted octanol–water partition coefficient (Wildman–Crippen LogP) is 6.33. The third kappa shape index (κ3) is 3.64. The van der Waals surface area contributed by atoms with E-state index in [0.29, 0.717) is 11.8 Å². The lowest BCUT2D eigenvalue weighted by atomic mass is 9.54. The SMILES string of the molecule is C=CC[C@]12C[C@H](C(=C)C)C[C@@](C)(O)[C@H]1[C@H](O[Si](C)(C)C(C)(C)C)C[C@@H]2C. The van der Waals surface area contributed by atoms with Crippen LogP contribution in [-0.4, -0.2) is 25.1 Å². The van der Waals surface area contributed by atoms with Gasteiger partial charge in [0.25, 0.3) is 0 Å². The summed E-state index contributed by atoms with van der Waals surface area (Å²) in [5.74, 6) is 1.08. The first-order valence-electron chi connectivity index (χ1n) is 10.3. The van der Waals surface area contributed by atoms with Gasteiger partial charge in [-0.25, -0.2) is 0 Å². The van der Waals surface area contributed by atoms with Crippen molar-refractivity contribution >= 4 is 8.32 Å². The molecular formula is C23H42O2Si. The molecule has 6 atom stereocenters. The second-order valence-electron chi connectivity index (χ2n) is 11.1. The lowest BCUT2D eigenvalue weighted by Crippen LogP contribution is -2.56. The van der Waals surface area contributed by atoms with E-state index in [9.17, 15) is 5.11 Å². The minimum Gasteiger partial charge on any atom is -0.414 e. The van der Waals surface area contributed by atoms with Crippen LogP contribution >= 0.6 is 0 Å². The maximum atomic E-state index is 11.6. The molecule has 2 aliphatic carbocycles. The van der Waals surface area contributed by atoms with Crippen LogP contribution in [-0.2, 0) is 4.43 Å². The third-order valence-electron chi connectivity index (χ3n) is 7.99. The largest absolute Gasteiger partial charge is 0.414 e. The number of fused-ring (bicyclic) bond motifs is 1. The molecule has 0 amide bonds. The average molecular weight is 379 g/mol. The number of aliphatic hydroxyl groups is 1. The van der Waals surface area contributed by atoms with Crippen LogP contribution < -0.4 is 0 Å². The molecule has 0 bridgehead atoms. The van der Waals surface area contributed by atoms with Crippen molar-refractivity contribution in [2.75, 3.05) is 0 Å². The molecule has 0 aromatic carbocycles. The van der Waals surface area contributed by atoms with Crippen molar-refractivity contribution in [3.05, 3.63) is 24.8 Å². The Bertz CT molecular complexity index is 557. The topological polar surface area (TPSA) is 29.5 Å². The highest BCUT2D eigenvalue weighted by atomic mass is 28.4. The summed E-state index contributed by atoms with van der Waals surface area (Å²) < 4.78 is 6.93. The molecule has 1 N–H and O–H groups in total. The zero-order valence-electron chi connectivity index (χ0n) is 18.5. The molecule has 0 saturated heterocycles. The van der Waals surface area contributed by atoms with E-state index in [0.717, 1.165) is 25.7 Å². The first-order valence-corrected chi connectivity index (χ1v) is 13.3. The molecule has 150 valence electrons. The van der Waals surface area contributed by atoms with Gasteiger partial charge < -0.3 is 9.53 Å². The fourth-order valence-electron chi connectivity index (χ4n) is 5.60. The Balaban J connectivity index is 2.45. The maximum Gasteiger partial charge on any atom is 0.192 e. The number of allylic oxidation sites excluding steroid dienone is 2. The van der Waals surface area contributed by atoms with Crippen LogP contribution in [0, 0.1) is 23.2 Å². The summed E-state index contributed by atoms with van der Waals surface area (Å²) in [5.41, 5.74) is 0.552.